The highest BCUT2D eigenvalue weighted by Gasteiger charge is 2.15. The number of rotatable bonds is 8. The van der Waals surface area contributed by atoms with Crippen molar-refractivity contribution in [2.75, 3.05) is 19.8 Å². The summed E-state index contributed by atoms with van der Waals surface area (Å²) in [5, 5.41) is 0. The molecule has 6 nitrogen and oxygen atoms in total. The monoisotopic (exact) mass is 283 g/mol. The van der Waals surface area contributed by atoms with Crippen LogP contribution >= 0.6 is 0 Å². The molecule has 0 saturated heterocycles. The number of ether oxygens (including phenoxy) is 1. The van der Waals surface area contributed by atoms with Gasteiger partial charge in [-0.15, -0.1) is 0 Å². The number of nitrogens with one attached hydrogen (secondary N) is 2. The normalized spacial score (nSPS) is 12.2. The van der Waals surface area contributed by atoms with Gasteiger partial charge in [-0.2, -0.15) is 0 Å². The lowest BCUT2D eigenvalue weighted by molar-refractivity contribution is 0.0199. The minimum atomic E-state index is -3.65. The highest BCUT2D eigenvalue weighted by molar-refractivity contribution is 7.89. The van der Waals surface area contributed by atoms with Crippen LogP contribution in [0.5, 0.6) is 0 Å². The van der Waals surface area contributed by atoms with Crippen molar-refractivity contribution >= 4 is 10.0 Å². The van der Waals surface area contributed by atoms with Crippen LogP contribution in [0.4, 0.5) is 8.78 Å². The third-order valence-electron chi connectivity index (χ3n) is 2.03. The first-order chi connectivity index (χ1) is 8.45. The number of aromatic amines is 1. The van der Waals surface area contributed by atoms with Crippen LogP contribution in [-0.4, -0.2) is 39.6 Å². The molecule has 0 bridgehead atoms. The van der Waals surface area contributed by atoms with Gasteiger partial charge in [0.1, 0.15) is 6.61 Å². The molecular weight excluding hydrogens is 268 g/mol. The Labute approximate surface area is 104 Å². The molecule has 0 spiro atoms. The summed E-state index contributed by atoms with van der Waals surface area (Å²) < 4.78 is 53.6. The van der Waals surface area contributed by atoms with E-state index in [1.54, 1.807) is 0 Å². The van der Waals surface area contributed by atoms with E-state index in [2.05, 4.69) is 14.4 Å². The Hall–Kier alpha value is -1.03. The topological polar surface area (TPSA) is 97.2 Å². The van der Waals surface area contributed by atoms with Crippen molar-refractivity contribution in [3.63, 3.8) is 0 Å². The zero-order valence-corrected chi connectivity index (χ0v) is 10.3. The maximum atomic E-state index is 11.7. The molecule has 4 N–H and O–H groups in total. The first kappa shape index (κ1) is 15.0. The minimum absolute atomic E-state index is 0.0526. The Bertz CT molecular complexity index is 461. The Morgan fingerprint density at radius 3 is 2.78 bits per heavy atom. The molecule has 0 aliphatic carbocycles. The van der Waals surface area contributed by atoms with Crippen LogP contribution in [0.3, 0.4) is 0 Å². The van der Waals surface area contributed by atoms with E-state index in [1.807, 2.05) is 0 Å². The largest absolute Gasteiger partial charge is 0.374 e. The van der Waals surface area contributed by atoms with E-state index in [0.717, 1.165) is 0 Å². The lowest BCUT2D eigenvalue weighted by Crippen LogP contribution is -2.27. The third kappa shape index (κ3) is 4.69. The Morgan fingerprint density at radius 2 is 2.22 bits per heavy atom. The number of aromatic nitrogens is 1. The van der Waals surface area contributed by atoms with E-state index in [1.165, 1.54) is 12.3 Å². The highest BCUT2D eigenvalue weighted by atomic mass is 32.2. The minimum Gasteiger partial charge on any atom is -0.374 e. The molecule has 1 aromatic rings. The summed E-state index contributed by atoms with van der Waals surface area (Å²) in [7, 11) is -3.65. The molecule has 0 fully saturated rings. The van der Waals surface area contributed by atoms with Gasteiger partial charge in [0.25, 0.3) is 6.43 Å². The Balaban J connectivity index is 2.40. The van der Waals surface area contributed by atoms with Crippen molar-refractivity contribution in [1.82, 2.24) is 9.71 Å². The number of H-pyrrole nitrogens is 1. The van der Waals surface area contributed by atoms with Crippen LogP contribution < -0.4 is 10.5 Å². The van der Waals surface area contributed by atoms with Crippen LogP contribution in [0.25, 0.3) is 0 Å². The number of nitrogens with two attached hydrogens (primary N) is 1. The van der Waals surface area contributed by atoms with Gasteiger partial charge in [-0.1, -0.05) is 0 Å². The predicted molar refractivity (Wildman–Crippen MR) is 60.7 cm³/mol. The highest BCUT2D eigenvalue weighted by Crippen LogP contribution is 2.09. The zero-order chi connectivity index (χ0) is 13.6. The molecule has 1 rings (SSSR count). The van der Waals surface area contributed by atoms with Crippen LogP contribution in [0.2, 0.25) is 0 Å². The van der Waals surface area contributed by atoms with Gasteiger partial charge in [0.15, 0.2) is 0 Å². The van der Waals surface area contributed by atoms with Crippen LogP contribution in [-0.2, 0) is 21.3 Å². The second kappa shape index (κ2) is 6.78. The maximum Gasteiger partial charge on any atom is 0.261 e. The van der Waals surface area contributed by atoms with Gasteiger partial charge in [0.05, 0.1) is 11.5 Å². The summed E-state index contributed by atoms with van der Waals surface area (Å²) >= 11 is 0. The van der Waals surface area contributed by atoms with Crippen LogP contribution in [0, 0.1) is 0 Å². The third-order valence-corrected chi connectivity index (χ3v) is 3.47. The second-order valence-electron chi connectivity index (χ2n) is 3.43. The Kier molecular flexibility index (Phi) is 5.66. The number of hydrogen-bond donors (Lipinski definition) is 3. The predicted octanol–water partition coefficient (Wildman–Crippen LogP) is 0.0334. The molecular formula is C9H15F2N3O3S. The Morgan fingerprint density at radius 1 is 1.50 bits per heavy atom. The van der Waals surface area contributed by atoms with Gasteiger partial charge in [-0.25, -0.2) is 21.9 Å². The quantitative estimate of drug-likeness (QED) is 0.586. The molecule has 0 radical (unpaired) electrons. The summed E-state index contributed by atoms with van der Waals surface area (Å²) in [6.07, 6.45) is -1.25. The molecule has 0 saturated carbocycles. The summed E-state index contributed by atoms with van der Waals surface area (Å²) in [6.45, 7) is -0.688. The zero-order valence-electron chi connectivity index (χ0n) is 9.53. The van der Waals surface area contributed by atoms with Gasteiger partial charge >= 0.3 is 0 Å². The standard InChI is InChI=1S/C9H15F2N3O3S/c10-9(11)6-17-2-1-14-18(15,16)8-3-7(4-12)13-5-8/h3,5,9,13-14H,1-2,4,6,12H2. The summed E-state index contributed by atoms with van der Waals surface area (Å²) in [5.41, 5.74) is 5.92. The van der Waals surface area contributed by atoms with Gasteiger partial charge in [-0.3, -0.25) is 0 Å². The molecule has 0 aromatic carbocycles. The molecule has 0 unspecified atom stereocenters. The maximum absolute atomic E-state index is 11.7. The van der Waals surface area contributed by atoms with E-state index in [-0.39, 0.29) is 24.6 Å². The SMILES string of the molecule is NCc1cc(S(=O)(=O)NCCOCC(F)F)c[nH]1. The van der Waals surface area contributed by atoms with Crippen molar-refractivity contribution in [3.05, 3.63) is 18.0 Å². The van der Waals surface area contributed by atoms with Gasteiger partial charge in [0, 0.05) is 25.0 Å². The summed E-state index contributed by atoms with van der Waals surface area (Å²) in [5.74, 6) is 0. The number of sulfonamides is 1. The molecule has 0 atom stereocenters. The van der Waals surface area contributed by atoms with Crippen LogP contribution in [0.15, 0.2) is 17.2 Å². The summed E-state index contributed by atoms with van der Waals surface area (Å²) in [6, 6.07) is 1.41. The molecule has 104 valence electrons. The molecule has 0 aliphatic rings. The van der Waals surface area contributed by atoms with E-state index in [4.69, 9.17) is 5.73 Å². The van der Waals surface area contributed by atoms with Gasteiger partial charge < -0.3 is 15.5 Å². The second-order valence-corrected chi connectivity index (χ2v) is 5.20. The van der Waals surface area contributed by atoms with Crippen molar-refractivity contribution in [1.29, 1.82) is 0 Å². The van der Waals surface area contributed by atoms with Crippen molar-refractivity contribution in [2.24, 2.45) is 5.73 Å². The average Bonchev–Trinajstić information content (AvgIpc) is 2.77. The van der Waals surface area contributed by atoms with Crippen molar-refractivity contribution < 1.29 is 21.9 Å². The molecule has 1 heterocycles. The number of alkyl halides is 2. The van der Waals surface area contributed by atoms with Gasteiger partial charge in [0.2, 0.25) is 10.0 Å². The number of halogens is 2. The molecule has 18 heavy (non-hydrogen) atoms. The smallest absolute Gasteiger partial charge is 0.261 e. The van der Waals surface area contributed by atoms with Gasteiger partial charge in [-0.05, 0) is 6.07 Å². The fourth-order valence-corrected chi connectivity index (χ4v) is 2.23. The number of hydrogen-bond acceptors (Lipinski definition) is 4. The van der Waals surface area contributed by atoms with E-state index in [0.29, 0.717) is 5.69 Å². The lowest BCUT2D eigenvalue weighted by Gasteiger charge is -2.05. The average molecular weight is 283 g/mol. The first-order valence-corrected chi connectivity index (χ1v) is 6.67. The fraction of sp³-hybridized carbons (Fsp3) is 0.556. The fourth-order valence-electron chi connectivity index (χ4n) is 1.20. The molecule has 0 aliphatic heterocycles. The molecule has 9 heteroatoms. The first-order valence-electron chi connectivity index (χ1n) is 5.18. The lowest BCUT2D eigenvalue weighted by atomic mass is 10.4. The van der Waals surface area contributed by atoms with E-state index in [9.17, 15) is 17.2 Å². The van der Waals surface area contributed by atoms with Crippen molar-refractivity contribution in [2.45, 2.75) is 17.9 Å². The van der Waals surface area contributed by atoms with E-state index < -0.39 is 23.1 Å². The van der Waals surface area contributed by atoms with Crippen molar-refractivity contribution in [3.8, 4) is 0 Å². The summed E-state index contributed by atoms with van der Waals surface area (Å²) in [4.78, 5) is 2.76. The van der Waals surface area contributed by atoms with E-state index >= 15 is 0 Å². The molecule has 0 amide bonds. The molecule has 1 aromatic heterocycles. The van der Waals surface area contributed by atoms with Crippen LogP contribution in [0.1, 0.15) is 5.69 Å².